The van der Waals surface area contributed by atoms with Gasteiger partial charge in [0.25, 0.3) is 0 Å². The van der Waals surface area contributed by atoms with Gasteiger partial charge < -0.3 is 9.88 Å². The van der Waals surface area contributed by atoms with E-state index in [2.05, 4.69) is 38.1 Å². The lowest BCUT2D eigenvalue weighted by atomic mass is 10.3. The lowest BCUT2D eigenvalue weighted by molar-refractivity contribution is 0.674. The molecule has 0 saturated carbocycles. The van der Waals surface area contributed by atoms with E-state index in [4.69, 9.17) is 0 Å². The van der Waals surface area contributed by atoms with E-state index in [0.29, 0.717) is 0 Å². The van der Waals surface area contributed by atoms with Crippen LogP contribution in [0.1, 0.15) is 16.5 Å². The molecule has 2 aromatic heterocycles. The summed E-state index contributed by atoms with van der Waals surface area (Å²) in [5.41, 5.74) is 2.27. The van der Waals surface area contributed by atoms with Gasteiger partial charge in [-0.15, -0.1) is 11.3 Å². The summed E-state index contributed by atoms with van der Waals surface area (Å²) in [6, 6.07) is 8.26. The van der Waals surface area contributed by atoms with Crippen molar-refractivity contribution in [1.29, 1.82) is 0 Å². The van der Waals surface area contributed by atoms with Gasteiger partial charge in [0.05, 0.1) is 22.5 Å². The van der Waals surface area contributed by atoms with E-state index in [1.165, 1.54) is 10.4 Å². The van der Waals surface area contributed by atoms with Gasteiger partial charge in [0, 0.05) is 12.7 Å². The molecule has 0 aliphatic rings. The number of para-hydroxylation sites is 1. The molecule has 0 spiro atoms. The molecule has 4 nitrogen and oxygen atoms in total. The minimum Gasteiger partial charge on any atom is -0.324 e. The Kier molecular flexibility index (Phi) is 3.31. The van der Waals surface area contributed by atoms with Crippen LogP contribution in [0.5, 0.6) is 0 Å². The molecule has 0 atom stereocenters. The van der Waals surface area contributed by atoms with Crippen molar-refractivity contribution in [2.24, 2.45) is 0 Å². The predicted octanol–water partition coefficient (Wildman–Crippen LogP) is 2.57. The van der Waals surface area contributed by atoms with Gasteiger partial charge in [0.2, 0.25) is 0 Å². The highest BCUT2D eigenvalue weighted by Crippen LogP contribution is 2.23. The number of nitrogens with one attached hydrogen (secondary N) is 1. The average molecular weight is 272 g/mol. The molecule has 3 rings (SSSR count). The highest BCUT2D eigenvalue weighted by atomic mass is 32.1. The van der Waals surface area contributed by atoms with Crippen molar-refractivity contribution in [1.82, 2.24) is 19.9 Å². The lowest BCUT2D eigenvalue weighted by Crippen LogP contribution is -2.12. The molecule has 0 fully saturated rings. The zero-order chi connectivity index (χ0) is 13.2. The van der Waals surface area contributed by atoms with E-state index < -0.39 is 0 Å². The Morgan fingerprint density at radius 1 is 1.32 bits per heavy atom. The number of fused-ring (bicyclic) bond motifs is 1. The molecule has 0 saturated heterocycles. The van der Waals surface area contributed by atoms with Gasteiger partial charge in [-0.2, -0.15) is 0 Å². The van der Waals surface area contributed by atoms with E-state index in [1.807, 2.05) is 26.2 Å². The van der Waals surface area contributed by atoms with Crippen molar-refractivity contribution in [2.75, 3.05) is 7.05 Å². The molecular formula is C14H16N4S. The number of rotatable bonds is 4. The molecule has 0 amide bonds. The SMILES string of the molecule is CNCc1cnc(C)n1Cc1nc2ccccc2s1. The topological polar surface area (TPSA) is 42.7 Å². The van der Waals surface area contributed by atoms with E-state index in [9.17, 15) is 0 Å². The zero-order valence-electron chi connectivity index (χ0n) is 11.1. The highest BCUT2D eigenvalue weighted by Gasteiger charge is 2.09. The summed E-state index contributed by atoms with van der Waals surface area (Å²) in [4.78, 5) is 9.06. The van der Waals surface area contributed by atoms with Gasteiger partial charge >= 0.3 is 0 Å². The fourth-order valence-electron chi connectivity index (χ4n) is 2.18. The molecule has 3 aromatic rings. The van der Waals surface area contributed by atoms with Crippen molar-refractivity contribution in [3.63, 3.8) is 0 Å². The number of imidazole rings is 1. The molecule has 0 aliphatic heterocycles. The summed E-state index contributed by atoms with van der Waals surface area (Å²) < 4.78 is 3.46. The third-order valence-corrected chi connectivity index (χ3v) is 4.15. The molecule has 5 heteroatoms. The molecule has 98 valence electrons. The molecule has 1 aromatic carbocycles. The Morgan fingerprint density at radius 3 is 2.95 bits per heavy atom. The summed E-state index contributed by atoms with van der Waals surface area (Å²) in [5.74, 6) is 1.03. The van der Waals surface area contributed by atoms with Crippen LogP contribution in [-0.4, -0.2) is 21.6 Å². The first-order valence-corrected chi connectivity index (χ1v) is 7.09. The van der Waals surface area contributed by atoms with Crippen LogP contribution < -0.4 is 5.32 Å². The van der Waals surface area contributed by atoms with Gasteiger partial charge in [-0.1, -0.05) is 12.1 Å². The number of thiazole rings is 1. The molecule has 0 radical (unpaired) electrons. The van der Waals surface area contributed by atoms with Crippen molar-refractivity contribution < 1.29 is 0 Å². The molecule has 1 N–H and O–H groups in total. The maximum Gasteiger partial charge on any atom is 0.114 e. The number of aromatic nitrogens is 3. The van der Waals surface area contributed by atoms with Crippen LogP contribution in [0.25, 0.3) is 10.2 Å². The molecule has 2 heterocycles. The Morgan fingerprint density at radius 2 is 2.16 bits per heavy atom. The minimum atomic E-state index is 0.794. The largest absolute Gasteiger partial charge is 0.324 e. The van der Waals surface area contributed by atoms with E-state index in [0.717, 1.165) is 29.4 Å². The standard InChI is InChI=1S/C14H16N4S/c1-10-16-8-11(7-15-2)18(10)9-14-17-12-5-3-4-6-13(12)19-14/h3-6,8,15H,7,9H2,1-2H3. The van der Waals surface area contributed by atoms with Crippen LogP contribution in [0.4, 0.5) is 0 Å². The summed E-state index contributed by atoms with van der Waals surface area (Å²) in [6.07, 6.45) is 1.93. The summed E-state index contributed by atoms with van der Waals surface area (Å²) >= 11 is 1.75. The Hall–Kier alpha value is -1.72. The number of hydrogen-bond donors (Lipinski definition) is 1. The quantitative estimate of drug-likeness (QED) is 0.794. The molecule has 0 unspecified atom stereocenters. The van der Waals surface area contributed by atoms with Crippen LogP contribution in [-0.2, 0) is 13.1 Å². The van der Waals surface area contributed by atoms with Crippen LogP contribution >= 0.6 is 11.3 Å². The van der Waals surface area contributed by atoms with Crippen LogP contribution in [0.15, 0.2) is 30.5 Å². The van der Waals surface area contributed by atoms with Crippen LogP contribution in [0, 0.1) is 6.92 Å². The normalized spacial score (nSPS) is 11.3. The zero-order valence-corrected chi connectivity index (χ0v) is 11.9. The number of aryl methyl sites for hydroxylation is 1. The third-order valence-electron chi connectivity index (χ3n) is 3.13. The van der Waals surface area contributed by atoms with Gasteiger partial charge in [-0.25, -0.2) is 9.97 Å². The fourth-order valence-corrected chi connectivity index (χ4v) is 3.13. The van der Waals surface area contributed by atoms with Gasteiger partial charge in [-0.3, -0.25) is 0 Å². The Bertz CT molecular complexity index is 665. The third kappa shape index (κ3) is 2.39. The second-order valence-corrected chi connectivity index (χ2v) is 5.60. The monoisotopic (exact) mass is 272 g/mol. The first-order valence-electron chi connectivity index (χ1n) is 6.28. The first-order chi connectivity index (χ1) is 9.28. The molecule has 19 heavy (non-hydrogen) atoms. The Labute approximate surface area is 116 Å². The average Bonchev–Trinajstić information content (AvgIpc) is 2.96. The maximum absolute atomic E-state index is 4.68. The smallest absolute Gasteiger partial charge is 0.114 e. The van der Waals surface area contributed by atoms with Crippen LogP contribution in [0.2, 0.25) is 0 Å². The first kappa shape index (κ1) is 12.3. The predicted molar refractivity (Wildman–Crippen MR) is 78.4 cm³/mol. The number of hydrogen-bond acceptors (Lipinski definition) is 4. The van der Waals surface area contributed by atoms with E-state index in [-0.39, 0.29) is 0 Å². The van der Waals surface area contributed by atoms with E-state index in [1.54, 1.807) is 11.3 Å². The number of nitrogens with zero attached hydrogens (tertiary/aromatic N) is 3. The van der Waals surface area contributed by atoms with Gasteiger partial charge in [0.15, 0.2) is 0 Å². The van der Waals surface area contributed by atoms with Crippen molar-refractivity contribution >= 4 is 21.6 Å². The summed E-state index contributed by atoms with van der Waals surface area (Å²) in [5, 5.41) is 4.30. The molecular weight excluding hydrogens is 256 g/mol. The molecule has 0 aliphatic carbocycles. The number of benzene rings is 1. The lowest BCUT2D eigenvalue weighted by Gasteiger charge is -2.07. The summed E-state index contributed by atoms with van der Waals surface area (Å²) in [7, 11) is 1.95. The van der Waals surface area contributed by atoms with Gasteiger partial charge in [-0.05, 0) is 26.1 Å². The van der Waals surface area contributed by atoms with Crippen molar-refractivity contribution in [2.45, 2.75) is 20.0 Å². The van der Waals surface area contributed by atoms with E-state index >= 15 is 0 Å². The second kappa shape index (κ2) is 5.11. The molecule has 0 bridgehead atoms. The maximum atomic E-state index is 4.68. The summed E-state index contributed by atoms with van der Waals surface area (Å²) in [6.45, 7) is 3.65. The van der Waals surface area contributed by atoms with Crippen LogP contribution in [0.3, 0.4) is 0 Å². The van der Waals surface area contributed by atoms with Gasteiger partial charge in [0.1, 0.15) is 10.8 Å². The van der Waals surface area contributed by atoms with Crippen molar-refractivity contribution in [3.05, 3.63) is 47.0 Å². The highest BCUT2D eigenvalue weighted by molar-refractivity contribution is 7.18. The Balaban J connectivity index is 1.94. The second-order valence-electron chi connectivity index (χ2n) is 4.49. The fraction of sp³-hybridized carbons (Fsp3) is 0.286. The van der Waals surface area contributed by atoms with Crippen molar-refractivity contribution in [3.8, 4) is 0 Å². The minimum absolute atomic E-state index is 0.794.